The van der Waals surface area contributed by atoms with E-state index in [4.69, 9.17) is 18.9 Å². The van der Waals surface area contributed by atoms with Crippen LogP contribution in [0, 0.1) is 0 Å². The molecule has 4 heteroatoms. The minimum atomic E-state index is -0.217. The van der Waals surface area contributed by atoms with Gasteiger partial charge in [0.15, 0.2) is 11.5 Å². The molecule has 0 amide bonds. The lowest BCUT2D eigenvalue weighted by Gasteiger charge is -2.43. The van der Waals surface area contributed by atoms with Gasteiger partial charge in [-0.15, -0.1) is 0 Å². The van der Waals surface area contributed by atoms with Crippen molar-refractivity contribution in [2.24, 2.45) is 0 Å². The lowest BCUT2D eigenvalue weighted by Crippen LogP contribution is -2.39. The van der Waals surface area contributed by atoms with Gasteiger partial charge in [-0.05, 0) is 65.4 Å². The fraction of sp³-hybridized carbons (Fsp3) is 0.417. The summed E-state index contributed by atoms with van der Waals surface area (Å²) in [4.78, 5) is 0. The molecule has 4 rings (SSSR count). The van der Waals surface area contributed by atoms with E-state index in [1.54, 1.807) is 21.3 Å². The highest BCUT2D eigenvalue weighted by atomic mass is 16.5. The molecule has 0 radical (unpaired) electrons. The highest BCUT2D eigenvalue weighted by Crippen LogP contribution is 2.49. The van der Waals surface area contributed by atoms with Crippen LogP contribution in [-0.4, -0.2) is 26.9 Å². The maximum absolute atomic E-state index is 6.55. The van der Waals surface area contributed by atoms with E-state index in [0.29, 0.717) is 6.61 Å². The van der Waals surface area contributed by atoms with Crippen molar-refractivity contribution < 1.29 is 18.9 Å². The number of ether oxygens (including phenoxy) is 4. The third kappa shape index (κ3) is 3.37. The molecule has 0 aromatic heterocycles. The van der Waals surface area contributed by atoms with Crippen molar-refractivity contribution in [1.29, 1.82) is 0 Å². The smallest absolute Gasteiger partial charge is 0.161 e. The minimum Gasteiger partial charge on any atom is -0.497 e. The highest BCUT2D eigenvalue weighted by Gasteiger charge is 2.41. The van der Waals surface area contributed by atoms with Crippen LogP contribution in [0.3, 0.4) is 0 Å². The van der Waals surface area contributed by atoms with Gasteiger partial charge in [0.25, 0.3) is 0 Å². The molecular weight excluding hydrogens is 352 g/mol. The minimum absolute atomic E-state index is 0.217. The number of hydrogen-bond donors (Lipinski definition) is 0. The van der Waals surface area contributed by atoms with Gasteiger partial charge >= 0.3 is 0 Å². The molecule has 2 aromatic carbocycles. The number of rotatable bonds is 4. The van der Waals surface area contributed by atoms with Gasteiger partial charge in [-0.1, -0.05) is 31.4 Å². The Hall–Kier alpha value is -2.46. The number of fused-ring (bicyclic) bond motifs is 1. The zero-order valence-electron chi connectivity index (χ0n) is 16.9. The zero-order chi connectivity index (χ0) is 19.6. The molecule has 1 fully saturated rings. The number of hydrogen-bond acceptors (Lipinski definition) is 4. The van der Waals surface area contributed by atoms with Gasteiger partial charge in [-0.3, -0.25) is 0 Å². The standard InChI is InChI=1S/C24H28O4/c1-25-19-9-7-17(8-10-19)13-21-20-15-23(27-3)22(26-2)14-18(20)16-28-24(21)11-5-4-6-12-24/h7-10,13-15H,4-6,11-12,16H2,1-3H3/b21-13-. The molecule has 0 N–H and O–H groups in total. The lowest BCUT2D eigenvalue weighted by atomic mass is 9.73. The Labute approximate surface area is 167 Å². The molecule has 0 saturated heterocycles. The molecule has 1 saturated carbocycles. The zero-order valence-corrected chi connectivity index (χ0v) is 16.9. The third-order valence-electron chi connectivity index (χ3n) is 5.98. The summed E-state index contributed by atoms with van der Waals surface area (Å²) in [5, 5.41) is 0. The summed E-state index contributed by atoms with van der Waals surface area (Å²) in [6.07, 6.45) is 8.06. The molecule has 28 heavy (non-hydrogen) atoms. The fourth-order valence-electron chi connectivity index (χ4n) is 4.44. The molecule has 0 bridgehead atoms. The summed E-state index contributed by atoms with van der Waals surface area (Å²) in [6, 6.07) is 12.3. The molecule has 1 heterocycles. The summed E-state index contributed by atoms with van der Waals surface area (Å²) in [6.45, 7) is 0.607. The Morgan fingerprint density at radius 1 is 0.857 bits per heavy atom. The Kier molecular flexibility index (Phi) is 5.31. The molecular formula is C24H28O4. The number of methoxy groups -OCH3 is 3. The second kappa shape index (κ2) is 7.88. The fourth-order valence-corrected chi connectivity index (χ4v) is 4.44. The van der Waals surface area contributed by atoms with Crippen molar-refractivity contribution in [1.82, 2.24) is 0 Å². The maximum Gasteiger partial charge on any atom is 0.161 e. The largest absolute Gasteiger partial charge is 0.497 e. The normalized spacial score (nSPS) is 19.3. The summed E-state index contributed by atoms with van der Waals surface area (Å²) in [5.41, 5.74) is 4.53. The van der Waals surface area contributed by atoms with Crippen molar-refractivity contribution >= 4 is 11.6 Å². The molecule has 2 aromatic rings. The van der Waals surface area contributed by atoms with E-state index in [-0.39, 0.29) is 5.60 Å². The monoisotopic (exact) mass is 380 g/mol. The predicted octanol–water partition coefficient (Wildman–Crippen LogP) is 5.49. The SMILES string of the molecule is COc1ccc(/C=C2/c3cc(OC)c(OC)cc3COC23CCCCC3)cc1. The highest BCUT2D eigenvalue weighted by molar-refractivity contribution is 5.89. The van der Waals surface area contributed by atoms with E-state index in [2.05, 4.69) is 24.3 Å². The first-order valence-corrected chi connectivity index (χ1v) is 9.94. The topological polar surface area (TPSA) is 36.9 Å². The summed E-state index contributed by atoms with van der Waals surface area (Å²) < 4.78 is 23.0. The molecule has 0 atom stereocenters. The predicted molar refractivity (Wildman–Crippen MR) is 111 cm³/mol. The first kappa shape index (κ1) is 18.9. The van der Waals surface area contributed by atoms with Gasteiger partial charge in [0.1, 0.15) is 5.75 Å². The van der Waals surface area contributed by atoms with E-state index in [1.165, 1.54) is 30.4 Å². The Morgan fingerprint density at radius 3 is 2.18 bits per heavy atom. The third-order valence-corrected chi connectivity index (χ3v) is 5.98. The van der Waals surface area contributed by atoms with Gasteiger partial charge in [0.05, 0.1) is 33.5 Å². The van der Waals surface area contributed by atoms with E-state index >= 15 is 0 Å². The van der Waals surface area contributed by atoms with Crippen LogP contribution in [0.5, 0.6) is 17.2 Å². The van der Waals surface area contributed by atoms with Crippen LogP contribution in [-0.2, 0) is 11.3 Å². The van der Waals surface area contributed by atoms with Crippen LogP contribution in [0.1, 0.15) is 48.8 Å². The van der Waals surface area contributed by atoms with Crippen LogP contribution in [0.15, 0.2) is 36.4 Å². The van der Waals surface area contributed by atoms with Gasteiger partial charge in [0.2, 0.25) is 0 Å². The maximum atomic E-state index is 6.55. The van der Waals surface area contributed by atoms with E-state index in [1.807, 2.05) is 18.2 Å². The molecule has 1 spiro atoms. The molecule has 0 unspecified atom stereocenters. The van der Waals surface area contributed by atoms with Crippen LogP contribution in [0.25, 0.3) is 11.6 Å². The van der Waals surface area contributed by atoms with Gasteiger partial charge in [0, 0.05) is 0 Å². The average molecular weight is 380 g/mol. The van der Waals surface area contributed by atoms with E-state index in [9.17, 15) is 0 Å². The summed E-state index contributed by atoms with van der Waals surface area (Å²) in [7, 11) is 5.05. The van der Waals surface area contributed by atoms with Crippen molar-refractivity contribution in [3.05, 3.63) is 53.1 Å². The average Bonchev–Trinajstić information content (AvgIpc) is 2.76. The first-order chi connectivity index (χ1) is 13.7. The molecule has 4 nitrogen and oxygen atoms in total. The van der Waals surface area contributed by atoms with Crippen LogP contribution in [0.4, 0.5) is 0 Å². The lowest BCUT2D eigenvalue weighted by molar-refractivity contribution is -0.0420. The van der Waals surface area contributed by atoms with Crippen LogP contribution < -0.4 is 14.2 Å². The molecule has 148 valence electrons. The Morgan fingerprint density at radius 2 is 1.54 bits per heavy atom. The molecule has 2 aliphatic rings. The second-order valence-electron chi connectivity index (χ2n) is 7.54. The van der Waals surface area contributed by atoms with Crippen molar-refractivity contribution in [2.75, 3.05) is 21.3 Å². The number of benzene rings is 2. The van der Waals surface area contributed by atoms with Gasteiger partial charge in [-0.25, -0.2) is 0 Å². The van der Waals surface area contributed by atoms with Crippen molar-refractivity contribution in [2.45, 2.75) is 44.3 Å². The Balaban J connectivity index is 1.85. The summed E-state index contributed by atoms with van der Waals surface area (Å²) in [5.74, 6) is 2.37. The van der Waals surface area contributed by atoms with Crippen LogP contribution >= 0.6 is 0 Å². The molecule has 1 aliphatic carbocycles. The second-order valence-corrected chi connectivity index (χ2v) is 7.54. The van der Waals surface area contributed by atoms with E-state index < -0.39 is 0 Å². The summed E-state index contributed by atoms with van der Waals surface area (Å²) >= 11 is 0. The molecule has 1 aliphatic heterocycles. The van der Waals surface area contributed by atoms with Crippen molar-refractivity contribution in [3.8, 4) is 17.2 Å². The van der Waals surface area contributed by atoms with E-state index in [0.717, 1.165) is 41.2 Å². The van der Waals surface area contributed by atoms with Crippen molar-refractivity contribution in [3.63, 3.8) is 0 Å². The quantitative estimate of drug-likeness (QED) is 0.703. The Bertz CT molecular complexity index is 861. The van der Waals surface area contributed by atoms with Gasteiger partial charge in [-0.2, -0.15) is 0 Å². The van der Waals surface area contributed by atoms with Crippen LogP contribution in [0.2, 0.25) is 0 Å². The van der Waals surface area contributed by atoms with Gasteiger partial charge < -0.3 is 18.9 Å². The first-order valence-electron chi connectivity index (χ1n) is 9.94.